The zero-order valence-corrected chi connectivity index (χ0v) is 15.7. The zero-order valence-electron chi connectivity index (χ0n) is 14.0. The standard InChI is InChI=1S/C17H21N5O.2ClH/c1-17(18,14-6-3-2-4-7-14)15(23)21-10-12-22(13-11-21)16-19-8-5-9-20-16;;/h2-9H,10-13,18H2,1H3;2*1H. The van der Waals surface area contributed by atoms with Gasteiger partial charge in [0.05, 0.1) is 0 Å². The van der Waals surface area contributed by atoms with Crippen LogP contribution >= 0.6 is 24.8 Å². The van der Waals surface area contributed by atoms with Crippen LogP contribution in [0.2, 0.25) is 0 Å². The average molecular weight is 384 g/mol. The molecule has 0 saturated carbocycles. The third kappa shape index (κ3) is 4.60. The minimum absolute atomic E-state index is 0. The minimum atomic E-state index is -1.01. The van der Waals surface area contributed by atoms with Gasteiger partial charge in [0, 0.05) is 38.6 Å². The molecule has 136 valence electrons. The fourth-order valence-electron chi connectivity index (χ4n) is 2.80. The third-order valence-corrected chi connectivity index (χ3v) is 4.22. The molecule has 1 fully saturated rings. The van der Waals surface area contributed by atoms with Crippen LogP contribution in [0.3, 0.4) is 0 Å². The second kappa shape index (κ2) is 8.99. The summed E-state index contributed by atoms with van der Waals surface area (Å²) in [6.45, 7) is 4.44. The van der Waals surface area contributed by atoms with E-state index < -0.39 is 5.54 Å². The lowest BCUT2D eigenvalue weighted by Crippen LogP contribution is -2.57. The number of carbonyl (C=O) groups excluding carboxylic acids is 1. The van der Waals surface area contributed by atoms with E-state index in [0.29, 0.717) is 32.1 Å². The van der Waals surface area contributed by atoms with Crippen LogP contribution in [-0.2, 0) is 10.3 Å². The minimum Gasteiger partial charge on any atom is -0.337 e. The number of aromatic nitrogens is 2. The Labute approximate surface area is 160 Å². The lowest BCUT2D eigenvalue weighted by atomic mass is 9.91. The second-order valence-corrected chi connectivity index (χ2v) is 5.90. The molecule has 2 heterocycles. The van der Waals surface area contributed by atoms with Crippen LogP contribution in [0.25, 0.3) is 0 Å². The van der Waals surface area contributed by atoms with Gasteiger partial charge in [-0.15, -0.1) is 24.8 Å². The fraction of sp³-hybridized carbons (Fsp3) is 0.353. The van der Waals surface area contributed by atoms with E-state index in [1.807, 2.05) is 35.2 Å². The van der Waals surface area contributed by atoms with Crippen molar-refractivity contribution in [3.63, 3.8) is 0 Å². The molecule has 25 heavy (non-hydrogen) atoms. The molecular weight excluding hydrogens is 361 g/mol. The molecular formula is C17H23Cl2N5O. The van der Waals surface area contributed by atoms with E-state index in [4.69, 9.17) is 5.73 Å². The summed E-state index contributed by atoms with van der Waals surface area (Å²) in [6, 6.07) is 11.3. The largest absolute Gasteiger partial charge is 0.337 e. The van der Waals surface area contributed by atoms with Crippen molar-refractivity contribution in [1.82, 2.24) is 14.9 Å². The van der Waals surface area contributed by atoms with Gasteiger partial charge >= 0.3 is 0 Å². The molecule has 1 atom stereocenters. The van der Waals surface area contributed by atoms with E-state index in [1.54, 1.807) is 25.4 Å². The summed E-state index contributed by atoms with van der Waals surface area (Å²) in [5, 5.41) is 0. The summed E-state index contributed by atoms with van der Waals surface area (Å²) in [6.07, 6.45) is 3.46. The van der Waals surface area contributed by atoms with Crippen molar-refractivity contribution >= 4 is 36.7 Å². The summed E-state index contributed by atoms with van der Waals surface area (Å²) >= 11 is 0. The number of nitrogens with zero attached hydrogens (tertiary/aromatic N) is 4. The molecule has 1 aromatic carbocycles. The Morgan fingerprint density at radius 1 is 1.00 bits per heavy atom. The van der Waals surface area contributed by atoms with Gasteiger partial charge in [-0.25, -0.2) is 9.97 Å². The van der Waals surface area contributed by atoms with E-state index in [2.05, 4.69) is 14.9 Å². The van der Waals surface area contributed by atoms with Gasteiger partial charge < -0.3 is 15.5 Å². The van der Waals surface area contributed by atoms with E-state index in [-0.39, 0.29) is 30.7 Å². The predicted molar refractivity (Wildman–Crippen MR) is 103 cm³/mol. The SMILES string of the molecule is CC(N)(C(=O)N1CCN(c2ncccn2)CC1)c1ccccc1.Cl.Cl. The zero-order chi connectivity index (χ0) is 16.3. The van der Waals surface area contributed by atoms with E-state index in [9.17, 15) is 4.79 Å². The quantitative estimate of drug-likeness (QED) is 0.874. The molecule has 1 unspecified atom stereocenters. The average Bonchev–Trinajstić information content (AvgIpc) is 2.63. The first-order chi connectivity index (χ1) is 11.1. The Morgan fingerprint density at radius 3 is 2.12 bits per heavy atom. The maximum absolute atomic E-state index is 12.8. The molecule has 0 aliphatic carbocycles. The molecule has 6 nitrogen and oxygen atoms in total. The molecule has 1 aromatic heterocycles. The van der Waals surface area contributed by atoms with Gasteiger partial charge in [0.25, 0.3) is 0 Å². The van der Waals surface area contributed by atoms with Crippen LogP contribution < -0.4 is 10.6 Å². The molecule has 0 spiro atoms. The molecule has 1 amide bonds. The summed E-state index contributed by atoms with van der Waals surface area (Å²) in [7, 11) is 0. The highest BCUT2D eigenvalue weighted by Gasteiger charge is 2.35. The normalized spacial score (nSPS) is 16.2. The van der Waals surface area contributed by atoms with Crippen molar-refractivity contribution in [2.45, 2.75) is 12.5 Å². The topological polar surface area (TPSA) is 75.4 Å². The second-order valence-electron chi connectivity index (χ2n) is 5.90. The van der Waals surface area contributed by atoms with E-state index in [0.717, 1.165) is 5.56 Å². The monoisotopic (exact) mass is 383 g/mol. The van der Waals surface area contributed by atoms with Crippen LogP contribution in [0.15, 0.2) is 48.8 Å². The molecule has 2 N–H and O–H groups in total. The predicted octanol–water partition coefficient (Wildman–Crippen LogP) is 1.84. The Balaban J connectivity index is 0.00000156. The summed E-state index contributed by atoms with van der Waals surface area (Å²) in [4.78, 5) is 25.2. The van der Waals surface area contributed by atoms with Gasteiger partial charge in [0.15, 0.2) is 0 Å². The highest BCUT2D eigenvalue weighted by atomic mass is 35.5. The van der Waals surface area contributed by atoms with Crippen molar-refractivity contribution in [1.29, 1.82) is 0 Å². The smallest absolute Gasteiger partial charge is 0.247 e. The molecule has 2 aromatic rings. The van der Waals surface area contributed by atoms with Crippen molar-refractivity contribution in [2.24, 2.45) is 5.73 Å². The highest BCUT2D eigenvalue weighted by Crippen LogP contribution is 2.21. The highest BCUT2D eigenvalue weighted by molar-refractivity contribution is 5.87. The first-order valence-corrected chi connectivity index (χ1v) is 7.75. The van der Waals surface area contributed by atoms with Gasteiger partial charge in [-0.1, -0.05) is 30.3 Å². The molecule has 1 aliphatic rings. The number of carbonyl (C=O) groups is 1. The Hall–Kier alpha value is -1.89. The van der Waals surface area contributed by atoms with E-state index in [1.165, 1.54) is 0 Å². The van der Waals surface area contributed by atoms with Gasteiger partial charge in [0.2, 0.25) is 11.9 Å². The van der Waals surface area contributed by atoms with Crippen LogP contribution in [0.5, 0.6) is 0 Å². The van der Waals surface area contributed by atoms with Crippen molar-refractivity contribution in [3.8, 4) is 0 Å². The molecule has 1 aliphatic heterocycles. The lowest BCUT2D eigenvalue weighted by Gasteiger charge is -2.38. The van der Waals surface area contributed by atoms with Crippen LogP contribution in [0, 0.1) is 0 Å². The molecule has 0 bridgehead atoms. The number of anilines is 1. The number of nitrogens with two attached hydrogens (primary N) is 1. The van der Waals surface area contributed by atoms with Crippen LogP contribution in [0.4, 0.5) is 5.95 Å². The Bertz CT molecular complexity index is 661. The number of hydrogen-bond donors (Lipinski definition) is 1. The fourth-order valence-corrected chi connectivity index (χ4v) is 2.80. The molecule has 3 rings (SSSR count). The molecule has 0 radical (unpaired) electrons. The van der Waals surface area contributed by atoms with Crippen LogP contribution in [-0.4, -0.2) is 47.0 Å². The lowest BCUT2D eigenvalue weighted by molar-refractivity contribution is -0.137. The first kappa shape index (κ1) is 21.2. The maximum Gasteiger partial charge on any atom is 0.247 e. The summed E-state index contributed by atoms with van der Waals surface area (Å²) in [5.74, 6) is 0.662. The number of piperazine rings is 1. The molecule has 1 saturated heterocycles. The Morgan fingerprint density at radius 2 is 1.56 bits per heavy atom. The Kier molecular flexibility index (Phi) is 7.60. The third-order valence-electron chi connectivity index (χ3n) is 4.22. The number of benzene rings is 1. The van der Waals surface area contributed by atoms with Crippen molar-refractivity contribution < 1.29 is 4.79 Å². The van der Waals surface area contributed by atoms with Crippen molar-refractivity contribution in [3.05, 3.63) is 54.4 Å². The molecule has 8 heteroatoms. The van der Waals surface area contributed by atoms with Gasteiger partial charge in [-0.3, -0.25) is 4.79 Å². The first-order valence-electron chi connectivity index (χ1n) is 7.75. The van der Waals surface area contributed by atoms with Crippen molar-refractivity contribution in [2.75, 3.05) is 31.1 Å². The summed E-state index contributed by atoms with van der Waals surface area (Å²) in [5.41, 5.74) is 6.15. The van der Waals surface area contributed by atoms with Crippen LogP contribution in [0.1, 0.15) is 12.5 Å². The van der Waals surface area contributed by atoms with Gasteiger partial charge in [-0.05, 0) is 18.6 Å². The number of amides is 1. The maximum atomic E-state index is 12.8. The number of rotatable bonds is 3. The van der Waals surface area contributed by atoms with Gasteiger partial charge in [-0.2, -0.15) is 0 Å². The number of hydrogen-bond acceptors (Lipinski definition) is 5. The van der Waals surface area contributed by atoms with Gasteiger partial charge in [0.1, 0.15) is 5.54 Å². The van der Waals surface area contributed by atoms with E-state index >= 15 is 0 Å². The summed E-state index contributed by atoms with van der Waals surface area (Å²) < 4.78 is 0. The number of halogens is 2.